The molecule has 2 aromatic rings. The van der Waals surface area contributed by atoms with E-state index in [1.165, 1.54) is 18.2 Å². The van der Waals surface area contributed by atoms with Gasteiger partial charge in [0.1, 0.15) is 10.3 Å². The second-order valence-corrected chi connectivity index (χ2v) is 8.84. The van der Waals surface area contributed by atoms with Crippen molar-refractivity contribution >= 4 is 33.0 Å². The second kappa shape index (κ2) is 7.01. The first-order chi connectivity index (χ1) is 12.2. The summed E-state index contributed by atoms with van der Waals surface area (Å²) in [6, 6.07) is 6.36. The number of thiophene rings is 1. The molecule has 5 nitrogen and oxygen atoms in total. The van der Waals surface area contributed by atoms with Crippen LogP contribution >= 0.6 is 11.3 Å². The van der Waals surface area contributed by atoms with Crippen molar-refractivity contribution in [3.8, 4) is 0 Å². The lowest BCUT2D eigenvalue weighted by molar-refractivity contribution is -0.137. The van der Waals surface area contributed by atoms with Crippen molar-refractivity contribution in [1.29, 1.82) is 0 Å². The highest BCUT2D eigenvalue weighted by Crippen LogP contribution is 2.32. The van der Waals surface area contributed by atoms with Crippen LogP contribution in [0, 0.1) is 0 Å². The topological polar surface area (TPSA) is 66.5 Å². The van der Waals surface area contributed by atoms with Gasteiger partial charge in [0.2, 0.25) is 5.91 Å². The molecule has 3 rings (SSSR count). The van der Waals surface area contributed by atoms with Crippen molar-refractivity contribution in [1.82, 2.24) is 4.31 Å². The lowest BCUT2D eigenvalue weighted by Crippen LogP contribution is -2.42. The minimum Gasteiger partial charge on any atom is -0.325 e. The van der Waals surface area contributed by atoms with Gasteiger partial charge >= 0.3 is 6.18 Å². The number of amides is 1. The summed E-state index contributed by atoms with van der Waals surface area (Å²) in [5.74, 6) is -0.637. The Morgan fingerprint density at radius 1 is 1.23 bits per heavy atom. The van der Waals surface area contributed by atoms with Crippen LogP contribution in [-0.2, 0) is 21.0 Å². The molecule has 1 aromatic heterocycles. The zero-order valence-corrected chi connectivity index (χ0v) is 15.0. The zero-order chi connectivity index (χ0) is 18.9. The molecule has 1 fully saturated rings. The Hall–Kier alpha value is -1.91. The third kappa shape index (κ3) is 3.76. The quantitative estimate of drug-likeness (QED) is 0.847. The summed E-state index contributed by atoms with van der Waals surface area (Å²) in [6.07, 6.45) is -3.71. The third-order valence-electron chi connectivity index (χ3n) is 4.02. The van der Waals surface area contributed by atoms with Crippen LogP contribution in [0.4, 0.5) is 18.9 Å². The first-order valence-electron chi connectivity index (χ1n) is 7.73. The average molecular weight is 404 g/mol. The number of carbonyl (C=O) groups excluding carboxylic acids is 1. The smallest absolute Gasteiger partial charge is 0.325 e. The normalized spacial score (nSPS) is 18.8. The van der Waals surface area contributed by atoms with Crippen LogP contribution in [-0.4, -0.2) is 31.2 Å². The van der Waals surface area contributed by atoms with Crippen LogP contribution in [0.5, 0.6) is 0 Å². The molecule has 0 spiro atoms. The molecule has 1 saturated heterocycles. The molecule has 1 atom stereocenters. The first-order valence-corrected chi connectivity index (χ1v) is 10.0. The van der Waals surface area contributed by atoms with E-state index in [-0.39, 0.29) is 16.4 Å². The molecular weight excluding hydrogens is 389 g/mol. The van der Waals surface area contributed by atoms with Crippen molar-refractivity contribution in [2.45, 2.75) is 29.3 Å². The van der Waals surface area contributed by atoms with Crippen LogP contribution in [0.25, 0.3) is 0 Å². The van der Waals surface area contributed by atoms with Gasteiger partial charge in [0.15, 0.2) is 0 Å². The van der Waals surface area contributed by atoms with E-state index in [4.69, 9.17) is 0 Å². The molecule has 26 heavy (non-hydrogen) atoms. The summed E-state index contributed by atoms with van der Waals surface area (Å²) in [7, 11) is -3.80. The Morgan fingerprint density at radius 2 is 2.00 bits per heavy atom. The van der Waals surface area contributed by atoms with Gasteiger partial charge in [-0.1, -0.05) is 12.1 Å². The Balaban J connectivity index is 1.80. The number of rotatable bonds is 4. The van der Waals surface area contributed by atoms with Gasteiger partial charge in [-0.3, -0.25) is 4.79 Å². The van der Waals surface area contributed by atoms with Gasteiger partial charge in [0.05, 0.1) is 5.56 Å². The second-order valence-electron chi connectivity index (χ2n) is 5.77. The van der Waals surface area contributed by atoms with Crippen LogP contribution in [0.1, 0.15) is 18.4 Å². The fraction of sp³-hybridized carbons (Fsp3) is 0.312. The van der Waals surface area contributed by atoms with Gasteiger partial charge in [0.25, 0.3) is 10.0 Å². The lowest BCUT2D eigenvalue weighted by atomic mass is 10.1. The molecule has 1 N–H and O–H groups in total. The zero-order valence-electron chi connectivity index (χ0n) is 13.4. The first kappa shape index (κ1) is 18.9. The molecule has 2 heterocycles. The molecule has 0 saturated carbocycles. The van der Waals surface area contributed by atoms with E-state index < -0.39 is 33.7 Å². The number of nitrogens with one attached hydrogen (secondary N) is 1. The van der Waals surface area contributed by atoms with Gasteiger partial charge < -0.3 is 5.32 Å². The number of hydrogen-bond acceptors (Lipinski definition) is 4. The number of carbonyl (C=O) groups is 1. The summed E-state index contributed by atoms with van der Waals surface area (Å²) < 4.78 is 64.9. The Morgan fingerprint density at radius 3 is 2.65 bits per heavy atom. The summed E-state index contributed by atoms with van der Waals surface area (Å²) in [5, 5.41) is 4.03. The van der Waals surface area contributed by atoms with E-state index in [1.807, 2.05) is 0 Å². The van der Waals surface area contributed by atoms with E-state index in [0.717, 1.165) is 27.8 Å². The standard InChI is InChI=1S/C16H15F3N2O3S2/c17-16(18,19)11-4-1-5-12(10-11)20-15(22)13-6-2-8-21(13)26(23,24)14-7-3-9-25-14/h1,3-5,7,9-10,13H,2,6,8H2,(H,20,22)/t13-/m0/s1. The SMILES string of the molecule is O=C(Nc1cccc(C(F)(F)F)c1)[C@@H]1CCCN1S(=O)(=O)c1cccs1. The predicted octanol–water partition coefficient (Wildman–Crippen LogP) is 3.56. The van der Waals surface area contributed by atoms with Crippen LogP contribution in [0.3, 0.4) is 0 Å². The van der Waals surface area contributed by atoms with Gasteiger partial charge in [0, 0.05) is 12.2 Å². The highest BCUT2D eigenvalue weighted by Gasteiger charge is 2.40. The van der Waals surface area contributed by atoms with E-state index >= 15 is 0 Å². The molecule has 10 heteroatoms. The summed E-state index contributed by atoms with van der Waals surface area (Å²) >= 11 is 1.05. The average Bonchev–Trinajstić information content (AvgIpc) is 3.26. The third-order valence-corrected chi connectivity index (χ3v) is 7.30. The van der Waals surface area contributed by atoms with Crippen molar-refractivity contribution in [2.75, 3.05) is 11.9 Å². The molecule has 1 amide bonds. The van der Waals surface area contributed by atoms with E-state index in [2.05, 4.69) is 5.32 Å². The minimum absolute atomic E-state index is 0.0230. The molecule has 0 unspecified atom stereocenters. The number of nitrogens with zero attached hydrogens (tertiary/aromatic N) is 1. The van der Waals surface area contributed by atoms with Gasteiger partial charge in [-0.05, 0) is 42.5 Å². The van der Waals surface area contributed by atoms with Gasteiger partial charge in [-0.2, -0.15) is 17.5 Å². The summed E-state index contributed by atoms with van der Waals surface area (Å²) in [4.78, 5) is 12.5. The number of hydrogen-bond donors (Lipinski definition) is 1. The molecule has 1 aliphatic heterocycles. The Bertz CT molecular complexity index is 896. The molecule has 1 aromatic carbocycles. The molecule has 0 bridgehead atoms. The highest BCUT2D eigenvalue weighted by molar-refractivity contribution is 7.91. The molecule has 1 aliphatic rings. The van der Waals surface area contributed by atoms with Crippen LogP contribution in [0.2, 0.25) is 0 Å². The predicted molar refractivity (Wildman–Crippen MR) is 91.3 cm³/mol. The van der Waals surface area contributed by atoms with Crippen molar-refractivity contribution in [3.63, 3.8) is 0 Å². The Labute approximate surface area is 152 Å². The fourth-order valence-corrected chi connectivity index (χ4v) is 5.59. The highest BCUT2D eigenvalue weighted by atomic mass is 32.2. The lowest BCUT2D eigenvalue weighted by Gasteiger charge is -2.22. The van der Waals surface area contributed by atoms with Crippen LogP contribution in [0.15, 0.2) is 46.0 Å². The summed E-state index contributed by atoms with van der Waals surface area (Å²) in [5.41, 5.74) is -0.907. The van der Waals surface area contributed by atoms with Crippen molar-refractivity contribution in [3.05, 3.63) is 47.3 Å². The maximum absolute atomic E-state index is 12.8. The molecular formula is C16H15F3N2O3S2. The maximum atomic E-state index is 12.8. The minimum atomic E-state index is -4.53. The monoisotopic (exact) mass is 404 g/mol. The number of alkyl halides is 3. The van der Waals surface area contributed by atoms with Crippen molar-refractivity contribution < 1.29 is 26.4 Å². The maximum Gasteiger partial charge on any atom is 0.416 e. The van der Waals surface area contributed by atoms with Crippen molar-refractivity contribution in [2.24, 2.45) is 0 Å². The number of anilines is 1. The van der Waals surface area contributed by atoms with E-state index in [9.17, 15) is 26.4 Å². The largest absolute Gasteiger partial charge is 0.416 e. The van der Waals surface area contributed by atoms with E-state index in [1.54, 1.807) is 11.4 Å². The van der Waals surface area contributed by atoms with Gasteiger partial charge in [-0.15, -0.1) is 11.3 Å². The number of benzene rings is 1. The number of halogens is 3. The molecule has 0 radical (unpaired) electrons. The Kier molecular flexibility index (Phi) is 5.09. The van der Waals surface area contributed by atoms with Gasteiger partial charge in [-0.25, -0.2) is 8.42 Å². The van der Waals surface area contributed by atoms with E-state index in [0.29, 0.717) is 12.8 Å². The summed E-state index contributed by atoms with van der Waals surface area (Å²) in [6.45, 7) is 0.195. The fourth-order valence-electron chi connectivity index (χ4n) is 2.81. The molecule has 140 valence electrons. The van der Waals surface area contributed by atoms with Crippen LogP contribution < -0.4 is 5.32 Å². The number of sulfonamides is 1. The molecule has 0 aliphatic carbocycles.